The zero-order valence-electron chi connectivity index (χ0n) is 9.74. The summed E-state index contributed by atoms with van der Waals surface area (Å²) in [5.41, 5.74) is 1.41. The van der Waals surface area contributed by atoms with Gasteiger partial charge in [0, 0.05) is 6.61 Å². The Morgan fingerprint density at radius 3 is 3.17 bits per heavy atom. The van der Waals surface area contributed by atoms with E-state index in [1.165, 1.54) is 0 Å². The lowest BCUT2D eigenvalue weighted by atomic mass is 10.1. The summed E-state index contributed by atoms with van der Waals surface area (Å²) in [6, 6.07) is 5.01. The zero-order valence-corrected chi connectivity index (χ0v) is 9.74. The Balaban J connectivity index is 2.03. The van der Waals surface area contributed by atoms with Crippen molar-refractivity contribution in [3.05, 3.63) is 23.8 Å². The maximum Gasteiger partial charge on any atom is 0.337 e. The number of hydrogen-bond acceptors (Lipinski definition) is 4. The van der Waals surface area contributed by atoms with Gasteiger partial charge in [-0.25, -0.2) is 9.48 Å². The highest BCUT2D eigenvalue weighted by atomic mass is 16.5. The smallest absolute Gasteiger partial charge is 0.337 e. The molecule has 1 aromatic carbocycles. The predicted octanol–water partition coefficient (Wildman–Crippen LogP) is 1.31. The Bertz CT molecular complexity index is 587. The molecular formula is C12H13N3O3. The van der Waals surface area contributed by atoms with E-state index in [1.54, 1.807) is 22.9 Å². The topological polar surface area (TPSA) is 77.2 Å². The van der Waals surface area contributed by atoms with Crippen LogP contribution in [0.2, 0.25) is 0 Å². The molecule has 0 amide bonds. The Hall–Kier alpha value is -1.95. The lowest BCUT2D eigenvalue weighted by molar-refractivity contribution is 0.0697. The van der Waals surface area contributed by atoms with Crippen LogP contribution in [0.25, 0.3) is 11.0 Å². The second-order valence-electron chi connectivity index (χ2n) is 4.39. The lowest BCUT2D eigenvalue weighted by Crippen LogP contribution is -2.17. The van der Waals surface area contributed by atoms with E-state index in [0.29, 0.717) is 17.6 Å². The van der Waals surface area contributed by atoms with Gasteiger partial charge in [0.15, 0.2) is 0 Å². The third-order valence-corrected chi connectivity index (χ3v) is 3.16. The van der Waals surface area contributed by atoms with E-state index < -0.39 is 5.97 Å². The van der Waals surface area contributed by atoms with E-state index in [1.807, 2.05) is 0 Å². The summed E-state index contributed by atoms with van der Waals surface area (Å²) < 4.78 is 7.17. The molecule has 1 fully saturated rings. The van der Waals surface area contributed by atoms with E-state index in [2.05, 4.69) is 10.3 Å². The van der Waals surface area contributed by atoms with Gasteiger partial charge >= 0.3 is 5.97 Å². The highest BCUT2D eigenvalue weighted by molar-refractivity contribution is 6.00. The van der Waals surface area contributed by atoms with Gasteiger partial charge in [-0.15, -0.1) is 5.10 Å². The molecule has 1 aromatic heterocycles. The molecule has 0 aliphatic carbocycles. The number of rotatable bonds is 3. The molecule has 1 N–H and O–H groups in total. The van der Waals surface area contributed by atoms with E-state index >= 15 is 0 Å². The third-order valence-electron chi connectivity index (χ3n) is 3.16. The first-order chi connectivity index (χ1) is 8.75. The normalized spacial score (nSPS) is 19.4. The number of carboxylic acids is 1. The van der Waals surface area contributed by atoms with Crippen LogP contribution in [0.5, 0.6) is 0 Å². The van der Waals surface area contributed by atoms with Crippen molar-refractivity contribution in [2.75, 3.05) is 6.61 Å². The minimum atomic E-state index is -0.962. The lowest BCUT2D eigenvalue weighted by Gasteiger charge is -2.10. The molecule has 0 saturated carbocycles. The van der Waals surface area contributed by atoms with E-state index in [0.717, 1.165) is 19.4 Å². The average Bonchev–Trinajstić information content (AvgIpc) is 2.99. The zero-order chi connectivity index (χ0) is 12.5. The second kappa shape index (κ2) is 4.38. The van der Waals surface area contributed by atoms with Crippen LogP contribution in [0, 0.1) is 0 Å². The first kappa shape index (κ1) is 11.2. The number of carboxylic acid groups (broad SMARTS) is 1. The summed E-state index contributed by atoms with van der Waals surface area (Å²) in [7, 11) is 0. The monoisotopic (exact) mass is 247 g/mol. The number of aromatic carboxylic acids is 1. The minimum absolute atomic E-state index is 0.108. The van der Waals surface area contributed by atoms with Crippen LogP contribution >= 0.6 is 0 Å². The SMILES string of the molecule is O=C(O)c1cccc2nnn(CC3CCCO3)c12. The van der Waals surface area contributed by atoms with Gasteiger partial charge in [-0.3, -0.25) is 0 Å². The van der Waals surface area contributed by atoms with E-state index in [9.17, 15) is 9.90 Å². The molecule has 1 atom stereocenters. The molecule has 18 heavy (non-hydrogen) atoms. The van der Waals surface area contributed by atoms with Crippen molar-refractivity contribution < 1.29 is 14.6 Å². The van der Waals surface area contributed by atoms with E-state index in [4.69, 9.17) is 4.74 Å². The fourth-order valence-electron chi connectivity index (χ4n) is 2.31. The van der Waals surface area contributed by atoms with E-state index in [-0.39, 0.29) is 11.7 Å². The predicted molar refractivity (Wildman–Crippen MR) is 63.5 cm³/mol. The number of nitrogens with zero attached hydrogens (tertiary/aromatic N) is 3. The van der Waals surface area contributed by atoms with Gasteiger partial charge in [0.2, 0.25) is 0 Å². The first-order valence-electron chi connectivity index (χ1n) is 5.93. The maximum absolute atomic E-state index is 11.2. The van der Waals surface area contributed by atoms with Crippen LogP contribution in [0.3, 0.4) is 0 Å². The van der Waals surface area contributed by atoms with Crippen molar-refractivity contribution in [2.24, 2.45) is 0 Å². The number of fused-ring (bicyclic) bond motifs is 1. The van der Waals surface area contributed by atoms with Crippen LogP contribution in [-0.4, -0.2) is 38.8 Å². The summed E-state index contributed by atoms with van der Waals surface area (Å²) in [5.74, 6) is -0.962. The van der Waals surface area contributed by atoms with Crippen LogP contribution in [-0.2, 0) is 11.3 Å². The molecule has 0 spiro atoms. The summed E-state index contributed by atoms with van der Waals surface area (Å²) in [6.07, 6.45) is 2.14. The quantitative estimate of drug-likeness (QED) is 0.884. The highest BCUT2D eigenvalue weighted by Crippen LogP contribution is 2.20. The van der Waals surface area contributed by atoms with Gasteiger partial charge in [-0.1, -0.05) is 11.3 Å². The third kappa shape index (κ3) is 1.84. The summed E-state index contributed by atoms with van der Waals surface area (Å²) in [6.45, 7) is 1.32. The van der Waals surface area contributed by atoms with Crippen molar-refractivity contribution >= 4 is 17.0 Å². The number of aromatic nitrogens is 3. The van der Waals surface area contributed by atoms with Crippen molar-refractivity contribution in [3.8, 4) is 0 Å². The largest absolute Gasteiger partial charge is 0.478 e. The van der Waals surface area contributed by atoms with Crippen molar-refractivity contribution in [1.29, 1.82) is 0 Å². The number of benzene rings is 1. The van der Waals surface area contributed by atoms with Gasteiger partial charge in [-0.2, -0.15) is 0 Å². The molecule has 94 valence electrons. The molecule has 6 heteroatoms. The van der Waals surface area contributed by atoms with Gasteiger partial charge in [0.25, 0.3) is 0 Å². The highest BCUT2D eigenvalue weighted by Gasteiger charge is 2.20. The molecule has 2 heterocycles. The fourth-order valence-corrected chi connectivity index (χ4v) is 2.31. The number of hydrogen-bond donors (Lipinski definition) is 1. The fraction of sp³-hybridized carbons (Fsp3) is 0.417. The van der Waals surface area contributed by atoms with Gasteiger partial charge in [0.1, 0.15) is 11.0 Å². The summed E-state index contributed by atoms with van der Waals surface area (Å²) in [4.78, 5) is 11.2. The maximum atomic E-state index is 11.2. The molecular weight excluding hydrogens is 234 g/mol. The molecule has 1 aliphatic rings. The van der Waals surface area contributed by atoms with Gasteiger partial charge in [0.05, 0.1) is 18.2 Å². The Morgan fingerprint density at radius 2 is 2.44 bits per heavy atom. The Morgan fingerprint density at radius 1 is 1.56 bits per heavy atom. The first-order valence-corrected chi connectivity index (χ1v) is 5.93. The Kier molecular flexibility index (Phi) is 2.71. The molecule has 0 radical (unpaired) electrons. The van der Waals surface area contributed by atoms with Crippen molar-refractivity contribution in [3.63, 3.8) is 0 Å². The second-order valence-corrected chi connectivity index (χ2v) is 4.39. The van der Waals surface area contributed by atoms with Crippen LogP contribution in [0.4, 0.5) is 0 Å². The van der Waals surface area contributed by atoms with Crippen LogP contribution in [0.15, 0.2) is 18.2 Å². The molecule has 3 rings (SSSR count). The van der Waals surface area contributed by atoms with Gasteiger partial charge in [-0.05, 0) is 25.0 Å². The average molecular weight is 247 g/mol. The molecule has 1 saturated heterocycles. The summed E-state index contributed by atoms with van der Waals surface area (Å²) >= 11 is 0. The number of ether oxygens (including phenoxy) is 1. The molecule has 6 nitrogen and oxygen atoms in total. The minimum Gasteiger partial charge on any atom is -0.478 e. The molecule has 1 aliphatic heterocycles. The van der Waals surface area contributed by atoms with Crippen LogP contribution in [0.1, 0.15) is 23.2 Å². The van der Waals surface area contributed by atoms with Crippen molar-refractivity contribution in [1.82, 2.24) is 15.0 Å². The molecule has 1 unspecified atom stereocenters. The standard InChI is InChI=1S/C12H13N3O3/c16-12(17)9-4-1-5-10-11(9)15(14-13-10)7-8-3-2-6-18-8/h1,4-5,8H,2-3,6-7H2,(H,16,17). The number of para-hydroxylation sites is 1. The molecule has 0 bridgehead atoms. The molecule has 2 aromatic rings. The van der Waals surface area contributed by atoms with Crippen molar-refractivity contribution in [2.45, 2.75) is 25.5 Å². The summed E-state index contributed by atoms with van der Waals surface area (Å²) in [5, 5.41) is 17.2. The van der Waals surface area contributed by atoms with Crippen LogP contribution < -0.4 is 0 Å². The van der Waals surface area contributed by atoms with Gasteiger partial charge < -0.3 is 9.84 Å². The number of carbonyl (C=O) groups is 1. The Labute approximate surface area is 103 Å².